The van der Waals surface area contributed by atoms with Gasteiger partial charge >= 0.3 is 0 Å². The van der Waals surface area contributed by atoms with Crippen LogP contribution in [0.15, 0.2) is 4.52 Å². The van der Waals surface area contributed by atoms with Gasteiger partial charge in [-0.1, -0.05) is 5.16 Å². The number of nitrogens with zero attached hydrogens (tertiary/aromatic N) is 2. The van der Waals surface area contributed by atoms with Crippen LogP contribution in [0.4, 0.5) is 0 Å². The maximum atomic E-state index is 12.6. The summed E-state index contributed by atoms with van der Waals surface area (Å²) < 4.78 is 10.6. The highest BCUT2D eigenvalue weighted by Crippen LogP contribution is 2.26. The summed E-state index contributed by atoms with van der Waals surface area (Å²) >= 11 is 0. The number of hydrogen-bond donors (Lipinski definition) is 2. The van der Waals surface area contributed by atoms with E-state index in [2.05, 4.69) is 20.7 Å². The summed E-state index contributed by atoms with van der Waals surface area (Å²) in [7, 11) is 0. The van der Waals surface area contributed by atoms with Gasteiger partial charge in [0.15, 0.2) is 0 Å². The minimum atomic E-state index is -0.197. The van der Waals surface area contributed by atoms with Crippen molar-refractivity contribution in [3.05, 3.63) is 17.0 Å². The van der Waals surface area contributed by atoms with Crippen molar-refractivity contribution in [2.45, 2.75) is 64.6 Å². The second-order valence-electron chi connectivity index (χ2n) is 7.43. The topological polar surface area (TPSA) is 96.7 Å². The van der Waals surface area contributed by atoms with E-state index in [0.717, 1.165) is 37.3 Å². The van der Waals surface area contributed by atoms with Crippen LogP contribution < -0.4 is 10.6 Å². The lowest BCUT2D eigenvalue weighted by molar-refractivity contribution is -0.127. The minimum Gasteiger partial charge on any atom is -0.381 e. The number of aromatic nitrogens is 1. The number of rotatable bonds is 6. The molecular weight excluding hydrogens is 348 g/mol. The molecule has 1 aromatic heterocycles. The molecule has 2 saturated heterocycles. The number of carbonyl (C=O) groups is 2. The molecule has 0 aromatic carbocycles. The Labute approximate surface area is 160 Å². The highest BCUT2D eigenvalue weighted by Gasteiger charge is 2.41. The van der Waals surface area contributed by atoms with E-state index >= 15 is 0 Å². The van der Waals surface area contributed by atoms with Gasteiger partial charge in [0.25, 0.3) is 0 Å². The molecule has 27 heavy (non-hydrogen) atoms. The second-order valence-corrected chi connectivity index (χ2v) is 7.43. The first-order valence-electron chi connectivity index (χ1n) is 9.81. The molecule has 2 atom stereocenters. The molecule has 0 radical (unpaired) electrons. The molecule has 0 spiro atoms. The molecule has 2 aliphatic rings. The van der Waals surface area contributed by atoms with Gasteiger partial charge in [0.1, 0.15) is 5.76 Å². The normalized spacial score (nSPS) is 24.1. The van der Waals surface area contributed by atoms with Gasteiger partial charge in [-0.05, 0) is 40.0 Å². The first-order valence-corrected chi connectivity index (χ1v) is 9.81. The number of amides is 2. The van der Waals surface area contributed by atoms with Crippen molar-refractivity contribution < 1.29 is 18.8 Å². The lowest BCUT2D eigenvalue weighted by Gasteiger charge is -2.34. The third kappa shape index (κ3) is 4.68. The van der Waals surface area contributed by atoms with Gasteiger partial charge in [0.2, 0.25) is 11.8 Å². The third-order valence-corrected chi connectivity index (χ3v) is 5.54. The van der Waals surface area contributed by atoms with E-state index in [0.29, 0.717) is 31.3 Å². The first kappa shape index (κ1) is 19.8. The largest absolute Gasteiger partial charge is 0.381 e. The average molecular weight is 378 g/mol. The molecule has 2 amide bonds. The molecular formula is C19H30N4O4. The van der Waals surface area contributed by atoms with Gasteiger partial charge in [-0.25, -0.2) is 0 Å². The average Bonchev–Trinajstić information content (AvgIpc) is 3.21. The van der Waals surface area contributed by atoms with E-state index in [4.69, 9.17) is 9.26 Å². The van der Waals surface area contributed by atoms with Crippen molar-refractivity contribution in [3.8, 4) is 0 Å². The number of likely N-dealkylation sites (N-methyl/N-ethyl adjacent to an activating group) is 1. The molecule has 0 aliphatic carbocycles. The summed E-state index contributed by atoms with van der Waals surface area (Å²) in [6.07, 6.45) is 2.74. The lowest BCUT2D eigenvalue weighted by Crippen LogP contribution is -2.49. The molecule has 8 heteroatoms. The molecule has 150 valence electrons. The standard InChI is InChI=1S/C19H30N4O4/c1-4-20-19(25)17-9-14(11-23(17)15-5-7-26-8-6-15)21-18(24)10-16-12(2)22-27-13(16)3/h14-15,17H,4-11H2,1-3H3,(H,20,25)(H,21,24)/t14-,17-/m0/s1. The molecule has 2 N–H and O–H groups in total. The van der Waals surface area contributed by atoms with Crippen molar-refractivity contribution in [1.82, 2.24) is 20.7 Å². The number of hydrogen-bond acceptors (Lipinski definition) is 6. The summed E-state index contributed by atoms with van der Waals surface area (Å²) in [6, 6.07) is 0.0988. The molecule has 0 bridgehead atoms. The lowest BCUT2D eigenvalue weighted by atomic mass is 10.1. The predicted octanol–water partition coefficient (Wildman–Crippen LogP) is 0.708. The summed E-state index contributed by atoms with van der Waals surface area (Å²) in [5.74, 6) is 0.669. The molecule has 1 aromatic rings. The number of aryl methyl sites for hydroxylation is 2. The van der Waals surface area contributed by atoms with Crippen molar-refractivity contribution in [1.29, 1.82) is 0 Å². The Hall–Kier alpha value is -1.93. The van der Waals surface area contributed by atoms with E-state index in [1.165, 1.54) is 0 Å². The smallest absolute Gasteiger partial charge is 0.237 e. The molecule has 0 saturated carbocycles. The van der Waals surface area contributed by atoms with E-state index in [1.54, 1.807) is 0 Å². The van der Waals surface area contributed by atoms with Crippen LogP contribution in [0.5, 0.6) is 0 Å². The quantitative estimate of drug-likeness (QED) is 0.757. The van der Waals surface area contributed by atoms with Crippen LogP contribution in [0.25, 0.3) is 0 Å². The second kappa shape index (κ2) is 8.84. The van der Waals surface area contributed by atoms with Gasteiger partial charge in [0, 0.05) is 44.0 Å². The van der Waals surface area contributed by atoms with Crippen LogP contribution >= 0.6 is 0 Å². The SMILES string of the molecule is CCNC(=O)[C@@H]1C[C@H](NC(=O)Cc2c(C)noc2C)CN1C1CCOCC1. The van der Waals surface area contributed by atoms with Gasteiger partial charge < -0.3 is 19.9 Å². The Morgan fingerprint density at radius 1 is 1.26 bits per heavy atom. The van der Waals surface area contributed by atoms with Crippen molar-refractivity contribution >= 4 is 11.8 Å². The van der Waals surface area contributed by atoms with Crippen LogP contribution in [0, 0.1) is 13.8 Å². The maximum absolute atomic E-state index is 12.6. The zero-order valence-electron chi connectivity index (χ0n) is 16.4. The van der Waals surface area contributed by atoms with Crippen molar-refractivity contribution in [2.24, 2.45) is 0 Å². The summed E-state index contributed by atoms with van der Waals surface area (Å²) in [4.78, 5) is 27.4. The molecule has 3 heterocycles. The molecule has 8 nitrogen and oxygen atoms in total. The fourth-order valence-electron chi connectivity index (χ4n) is 4.13. The van der Waals surface area contributed by atoms with Gasteiger partial charge in [0.05, 0.1) is 18.2 Å². The van der Waals surface area contributed by atoms with E-state index in [-0.39, 0.29) is 30.3 Å². The Morgan fingerprint density at radius 3 is 2.63 bits per heavy atom. The Balaban J connectivity index is 1.63. The highest BCUT2D eigenvalue weighted by molar-refractivity contribution is 5.83. The number of ether oxygens (including phenoxy) is 1. The molecule has 3 rings (SSSR count). The van der Waals surface area contributed by atoms with Crippen LogP contribution in [-0.4, -0.2) is 66.3 Å². The monoisotopic (exact) mass is 378 g/mol. The van der Waals surface area contributed by atoms with Crippen molar-refractivity contribution in [3.63, 3.8) is 0 Å². The summed E-state index contributed by atoms with van der Waals surface area (Å²) in [5, 5.41) is 9.94. The molecule has 0 unspecified atom stereocenters. The molecule has 2 fully saturated rings. The van der Waals surface area contributed by atoms with E-state index < -0.39 is 0 Å². The van der Waals surface area contributed by atoms with Crippen LogP contribution in [0.1, 0.15) is 43.2 Å². The maximum Gasteiger partial charge on any atom is 0.237 e. The number of nitrogens with one attached hydrogen (secondary N) is 2. The fourth-order valence-corrected chi connectivity index (χ4v) is 4.13. The van der Waals surface area contributed by atoms with E-state index in [9.17, 15) is 9.59 Å². The summed E-state index contributed by atoms with van der Waals surface area (Å²) in [6.45, 7) is 8.34. The zero-order valence-corrected chi connectivity index (χ0v) is 16.4. The summed E-state index contributed by atoms with van der Waals surface area (Å²) in [5.41, 5.74) is 1.59. The van der Waals surface area contributed by atoms with Crippen LogP contribution in [-0.2, 0) is 20.7 Å². The van der Waals surface area contributed by atoms with Crippen LogP contribution in [0.2, 0.25) is 0 Å². The van der Waals surface area contributed by atoms with Gasteiger partial charge in [-0.3, -0.25) is 14.5 Å². The third-order valence-electron chi connectivity index (χ3n) is 5.54. The van der Waals surface area contributed by atoms with Crippen LogP contribution in [0.3, 0.4) is 0 Å². The fraction of sp³-hybridized carbons (Fsp3) is 0.737. The Bertz CT molecular complexity index is 649. The van der Waals surface area contributed by atoms with Crippen molar-refractivity contribution in [2.75, 3.05) is 26.3 Å². The zero-order chi connectivity index (χ0) is 19.4. The van der Waals surface area contributed by atoms with Gasteiger partial charge in [-0.15, -0.1) is 0 Å². The Morgan fingerprint density at radius 2 is 2.00 bits per heavy atom. The van der Waals surface area contributed by atoms with E-state index in [1.807, 2.05) is 20.8 Å². The predicted molar refractivity (Wildman–Crippen MR) is 99.2 cm³/mol. The number of carbonyl (C=O) groups excluding carboxylic acids is 2. The Kier molecular flexibility index (Phi) is 6.49. The highest BCUT2D eigenvalue weighted by atomic mass is 16.5. The first-order chi connectivity index (χ1) is 13.0. The van der Waals surface area contributed by atoms with Gasteiger partial charge in [-0.2, -0.15) is 0 Å². The number of likely N-dealkylation sites (tertiary alicyclic amines) is 1. The minimum absolute atomic E-state index is 0.0339. The molecule has 2 aliphatic heterocycles.